The van der Waals surface area contributed by atoms with Crippen LogP contribution in [0.25, 0.3) is 0 Å². The molecule has 2 fully saturated rings. The van der Waals surface area contributed by atoms with Crippen LogP contribution in [0.2, 0.25) is 5.02 Å². The Morgan fingerprint density at radius 3 is 2.58 bits per heavy atom. The molecule has 3 rings (SSSR count). The largest absolute Gasteiger partial charge is 0.351 e. The molecule has 8 heteroatoms. The zero-order valence-corrected chi connectivity index (χ0v) is 17.1. The lowest BCUT2D eigenvalue weighted by molar-refractivity contribution is 0.0956. The number of hydrogen-bond donors (Lipinski definition) is 1. The van der Waals surface area contributed by atoms with Crippen LogP contribution in [0.15, 0.2) is 23.1 Å². The molecule has 0 radical (unpaired) electrons. The van der Waals surface area contributed by atoms with Gasteiger partial charge >= 0.3 is 0 Å². The Morgan fingerprint density at radius 2 is 1.88 bits per heavy atom. The number of sulfonamides is 1. The molecule has 0 unspecified atom stereocenters. The predicted octanol–water partition coefficient (Wildman–Crippen LogP) is 3.53. The van der Waals surface area contributed by atoms with Gasteiger partial charge in [0.25, 0.3) is 5.91 Å². The van der Waals surface area contributed by atoms with E-state index in [1.807, 2.05) is 11.8 Å². The van der Waals surface area contributed by atoms with Crippen molar-refractivity contribution in [1.82, 2.24) is 9.62 Å². The number of carbonyl (C=O) groups is 1. The quantitative estimate of drug-likeness (QED) is 0.690. The second-order valence-corrected chi connectivity index (χ2v) is 10.5. The lowest BCUT2D eigenvalue weighted by atomic mass is 10.2. The summed E-state index contributed by atoms with van der Waals surface area (Å²) in [5, 5.41) is 3.76. The van der Waals surface area contributed by atoms with Crippen LogP contribution >= 0.6 is 23.4 Å². The minimum Gasteiger partial charge on any atom is -0.351 e. The number of carbonyl (C=O) groups excluding carboxylic acids is 1. The van der Waals surface area contributed by atoms with E-state index < -0.39 is 10.0 Å². The fourth-order valence-corrected chi connectivity index (χ4v) is 6.69. The molecular weight excluding hydrogens is 392 g/mol. The predicted molar refractivity (Wildman–Crippen MR) is 106 cm³/mol. The molecule has 0 bridgehead atoms. The molecule has 1 saturated heterocycles. The van der Waals surface area contributed by atoms with Crippen molar-refractivity contribution in [2.75, 3.05) is 25.4 Å². The van der Waals surface area contributed by atoms with Crippen molar-refractivity contribution in [2.45, 2.75) is 48.7 Å². The van der Waals surface area contributed by atoms with E-state index in [9.17, 15) is 13.2 Å². The number of nitrogens with zero attached hydrogens (tertiary/aromatic N) is 1. The summed E-state index contributed by atoms with van der Waals surface area (Å²) < 4.78 is 26.9. The van der Waals surface area contributed by atoms with Gasteiger partial charge in [0.05, 0.1) is 5.02 Å². The summed E-state index contributed by atoms with van der Waals surface area (Å²) in [4.78, 5) is 12.4. The van der Waals surface area contributed by atoms with Gasteiger partial charge in [0.15, 0.2) is 0 Å². The molecule has 1 aliphatic heterocycles. The van der Waals surface area contributed by atoms with Crippen LogP contribution in [0, 0.1) is 0 Å². The third kappa shape index (κ3) is 4.74. The number of halogens is 1. The molecule has 1 aliphatic carbocycles. The molecule has 1 N–H and O–H groups in total. The zero-order valence-electron chi connectivity index (χ0n) is 14.7. The number of hydrogen-bond acceptors (Lipinski definition) is 4. The maximum Gasteiger partial charge on any atom is 0.251 e. The average Bonchev–Trinajstić information content (AvgIpc) is 3.32. The smallest absolute Gasteiger partial charge is 0.251 e. The van der Waals surface area contributed by atoms with Gasteiger partial charge in [-0.2, -0.15) is 16.1 Å². The van der Waals surface area contributed by atoms with Gasteiger partial charge in [0.2, 0.25) is 10.0 Å². The van der Waals surface area contributed by atoms with Gasteiger partial charge in [0, 0.05) is 36.2 Å². The van der Waals surface area contributed by atoms with E-state index in [1.54, 1.807) is 6.07 Å². The average molecular weight is 417 g/mol. The number of thioether (sulfide) groups is 1. The van der Waals surface area contributed by atoms with Crippen LogP contribution in [0.3, 0.4) is 0 Å². The van der Waals surface area contributed by atoms with Crippen molar-refractivity contribution in [3.63, 3.8) is 0 Å². The zero-order chi connectivity index (χ0) is 18.6. The van der Waals surface area contributed by atoms with Gasteiger partial charge in [-0.15, -0.1) is 0 Å². The maximum atomic E-state index is 12.7. The molecule has 5 nitrogen and oxygen atoms in total. The van der Waals surface area contributed by atoms with Crippen LogP contribution in [0.5, 0.6) is 0 Å². The van der Waals surface area contributed by atoms with Crippen molar-refractivity contribution in [2.24, 2.45) is 0 Å². The summed E-state index contributed by atoms with van der Waals surface area (Å²) in [6.45, 7) is 1.60. The second-order valence-electron chi connectivity index (χ2n) is 6.79. The van der Waals surface area contributed by atoms with E-state index in [0.717, 1.165) is 23.8 Å². The highest BCUT2D eigenvalue weighted by molar-refractivity contribution is 7.99. The Balaban J connectivity index is 1.61. The number of rotatable bonds is 7. The monoisotopic (exact) mass is 416 g/mol. The first kappa shape index (κ1) is 20.0. The fourth-order valence-electron chi connectivity index (χ4n) is 3.46. The highest BCUT2D eigenvalue weighted by Crippen LogP contribution is 2.29. The van der Waals surface area contributed by atoms with E-state index in [2.05, 4.69) is 5.32 Å². The van der Waals surface area contributed by atoms with Crippen molar-refractivity contribution < 1.29 is 13.2 Å². The minimum atomic E-state index is -3.64. The van der Waals surface area contributed by atoms with Crippen molar-refractivity contribution in [3.8, 4) is 0 Å². The lowest BCUT2D eigenvalue weighted by Crippen LogP contribution is -2.29. The van der Waals surface area contributed by atoms with Gasteiger partial charge in [-0.3, -0.25) is 4.79 Å². The molecule has 26 heavy (non-hydrogen) atoms. The second kappa shape index (κ2) is 8.95. The van der Waals surface area contributed by atoms with Gasteiger partial charge in [-0.1, -0.05) is 24.4 Å². The van der Waals surface area contributed by atoms with Gasteiger partial charge in [-0.25, -0.2) is 8.42 Å². The molecule has 2 aliphatic rings. The maximum absolute atomic E-state index is 12.7. The standard InChI is InChI=1S/C18H25ClN2O3S2/c19-16-8-7-14(13-17(16)26(23,24)21-10-3-4-11-21)18(22)20-9-12-25-15-5-1-2-6-15/h7-8,13,15H,1-6,9-12H2,(H,20,22). The summed E-state index contributed by atoms with van der Waals surface area (Å²) in [6, 6.07) is 4.47. The minimum absolute atomic E-state index is 0.0223. The molecular formula is C18H25ClN2O3S2. The molecule has 1 aromatic carbocycles. The topological polar surface area (TPSA) is 66.5 Å². The van der Waals surface area contributed by atoms with Crippen molar-refractivity contribution in [3.05, 3.63) is 28.8 Å². The van der Waals surface area contributed by atoms with E-state index in [0.29, 0.717) is 25.2 Å². The first-order chi connectivity index (χ1) is 12.5. The molecule has 1 saturated carbocycles. The molecule has 1 aromatic rings. The summed E-state index contributed by atoms with van der Waals surface area (Å²) in [5.74, 6) is 0.620. The summed E-state index contributed by atoms with van der Waals surface area (Å²) >= 11 is 8.03. The van der Waals surface area contributed by atoms with Crippen molar-refractivity contribution in [1.29, 1.82) is 0 Å². The van der Waals surface area contributed by atoms with E-state index in [4.69, 9.17) is 11.6 Å². The lowest BCUT2D eigenvalue weighted by Gasteiger charge is -2.17. The normalized spacial score (nSPS) is 19.1. The summed E-state index contributed by atoms with van der Waals surface area (Å²) in [7, 11) is -3.64. The Morgan fingerprint density at radius 1 is 1.19 bits per heavy atom. The number of nitrogens with one attached hydrogen (secondary N) is 1. The SMILES string of the molecule is O=C(NCCSC1CCCC1)c1ccc(Cl)c(S(=O)(=O)N2CCCC2)c1. The number of benzene rings is 1. The number of amides is 1. The van der Waals surface area contributed by atoms with Crippen LogP contribution in [-0.2, 0) is 10.0 Å². The third-order valence-electron chi connectivity index (χ3n) is 4.92. The van der Waals surface area contributed by atoms with Crippen LogP contribution in [0.4, 0.5) is 0 Å². The van der Waals surface area contributed by atoms with Gasteiger partial charge < -0.3 is 5.32 Å². The Kier molecular flexibility index (Phi) is 6.88. The summed E-state index contributed by atoms with van der Waals surface area (Å²) in [5.41, 5.74) is 0.332. The van der Waals surface area contributed by atoms with Gasteiger partial charge in [-0.05, 0) is 43.9 Å². The Labute approximate surface area is 164 Å². The fraction of sp³-hybridized carbons (Fsp3) is 0.611. The molecule has 0 aromatic heterocycles. The Bertz CT molecular complexity index is 743. The van der Waals surface area contributed by atoms with Crippen LogP contribution < -0.4 is 5.32 Å². The molecule has 144 valence electrons. The van der Waals surface area contributed by atoms with E-state index >= 15 is 0 Å². The Hall–Kier alpha value is -0.760. The van der Waals surface area contributed by atoms with Crippen molar-refractivity contribution >= 4 is 39.3 Å². The first-order valence-corrected chi connectivity index (χ1v) is 12.0. The molecule has 1 amide bonds. The summed E-state index contributed by atoms with van der Waals surface area (Å²) in [6.07, 6.45) is 6.87. The van der Waals surface area contributed by atoms with E-state index in [-0.39, 0.29) is 15.8 Å². The molecule has 0 spiro atoms. The first-order valence-electron chi connectivity index (χ1n) is 9.18. The van der Waals surface area contributed by atoms with Gasteiger partial charge in [0.1, 0.15) is 4.90 Å². The highest BCUT2D eigenvalue weighted by atomic mass is 35.5. The van der Waals surface area contributed by atoms with Crippen LogP contribution in [-0.4, -0.2) is 49.3 Å². The van der Waals surface area contributed by atoms with Crippen LogP contribution in [0.1, 0.15) is 48.9 Å². The highest BCUT2D eigenvalue weighted by Gasteiger charge is 2.29. The van der Waals surface area contributed by atoms with E-state index in [1.165, 1.54) is 42.1 Å². The third-order valence-corrected chi connectivity index (χ3v) is 8.68. The molecule has 1 heterocycles. The molecule has 0 atom stereocenters.